The number of anilines is 1. The average Bonchev–Trinajstić information content (AvgIpc) is 2.84. The number of halogens is 3. The van der Waals surface area contributed by atoms with Gasteiger partial charge in [0.2, 0.25) is 0 Å². The number of hydrogen-bond donors (Lipinski definition) is 1. The summed E-state index contributed by atoms with van der Waals surface area (Å²) < 4.78 is 30.4. The van der Waals surface area contributed by atoms with Gasteiger partial charge < -0.3 is 9.73 Å². The second-order valence-corrected chi connectivity index (χ2v) is 3.32. The summed E-state index contributed by atoms with van der Waals surface area (Å²) in [6.45, 7) is -0.496. The molecule has 0 aromatic carbocycles. The first-order valence-corrected chi connectivity index (χ1v) is 4.77. The molecule has 0 fully saturated rings. The second kappa shape index (κ2) is 5.67. The zero-order chi connectivity index (χ0) is 11.5. The minimum atomic E-state index is -2.61. The Morgan fingerprint density at radius 1 is 1.53 bits per heavy atom. The van der Waals surface area contributed by atoms with Crippen LogP contribution in [0, 0.1) is 6.92 Å². The first kappa shape index (κ1) is 13.5. The summed E-state index contributed by atoms with van der Waals surface area (Å²) in [5.74, 6) is 0.740. The van der Waals surface area contributed by atoms with Crippen LogP contribution in [0.15, 0.2) is 29.0 Å². The lowest BCUT2D eigenvalue weighted by molar-refractivity contribution is 0.0563. The number of alkyl halides is 2. The second-order valence-electron chi connectivity index (χ2n) is 3.32. The van der Waals surface area contributed by atoms with Crippen LogP contribution in [0.4, 0.5) is 14.5 Å². The third-order valence-electron chi connectivity index (χ3n) is 2.15. The third-order valence-corrected chi connectivity index (χ3v) is 2.15. The molecule has 2 aromatic heterocycles. The lowest BCUT2D eigenvalue weighted by atomic mass is 10.4. The van der Waals surface area contributed by atoms with Crippen LogP contribution in [-0.2, 0) is 6.54 Å². The summed E-state index contributed by atoms with van der Waals surface area (Å²) in [6.07, 6.45) is 2.84. The normalized spacial score (nSPS) is 10.4. The van der Waals surface area contributed by atoms with E-state index in [1.54, 1.807) is 25.3 Å². The van der Waals surface area contributed by atoms with Crippen LogP contribution in [0.5, 0.6) is 0 Å². The average molecular weight is 264 g/mol. The molecule has 0 aliphatic rings. The Kier molecular flexibility index (Phi) is 4.51. The van der Waals surface area contributed by atoms with E-state index in [-0.39, 0.29) is 12.4 Å². The van der Waals surface area contributed by atoms with Crippen molar-refractivity contribution in [3.8, 4) is 0 Å². The van der Waals surface area contributed by atoms with Gasteiger partial charge in [0.05, 0.1) is 30.4 Å². The molecule has 0 amide bonds. The number of nitrogens with one attached hydrogen (secondary N) is 1. The number of aromatic nitrogens is 2. The molecule has 0 bridgehead atoms. The highest BCUT2D eigenvalue weighted by molar-refractivity contribution is 5.85. The van der Waals surface area contributed by atoms with Gasteiger partial charge in [-0.2, -0.15) is 13.9 Å². The van der Waals surface area contributed by atoms with E-state index < -0.39 is 6.55 Å². The van der Waals surface area contributed by atoms with Gasteiger partial charge in [-0.05, 0) is 19.1 Å². The number of rotatable bonds is 4. The molecule has 0 aliphatic heterocycles. The summed E-state index contributed by atoms with van der Waals surface area (Å²) in [6, 6.07) is 3.58. The SMILES string of the molecule is Cc1nn(C(F)F)cc1NCc1ccco1.Cl. The summed E-state index contributed by atoms with van der Waals surface area (Å²) >= 11 is 0. The van der Waals surface area contributed by atoms with Crippen molar-refractivity contribution in [3.05, 3.63) is 36.0 Å². The highest BCUT2D eigenvalue weighted by Gasteiger charge is 2.11. The van der Waals surface area contributed by atoms with Crippen molar-refractivity contribution in [2.24, 2.45) is 0 Å². The monoisotopic (exact) mass is 263 g/mol. The smallest absolute Gasteiger partial charge is 0.333 e. The number of aryl methyl sites for hydroxylation is 1. The summed E-state index contributed by atoms with van der Waals surface area (Å²) in [7, 11) is 0. The zero-order valence-corrected chi connectivity index (χ0v) is 9.88. The fourth-order valence-corrected chi connectivity index (χ4v) is 1.35. The third kappa shape index (κ3) is 3.20. The van der Waals surface area contributed by atoms with Crippen molar-refractivity contribution in [3.63, 3.8) is 0 Å². The minimum Gasteiger partial charge on any atom is -0.467 e. The van der Waals surface area contributed by atoms with Crippen molar-refractivity contribution in [2.45, 2.75) is 20.0 Å². The molecule has 17 heavy (non-hydrogen) atoms. The topological polar surface area (TPSA) is 43.0 Å². The maximum atomic E-state index is 12.3. The molecule has 0 saturated heterocycles. The van der Waals surface area contributed by atoms with Gasteiger partial charge in [-0.15, -0.1) is 12.4 Å². The molecule has 2 aromatic rings. The molecule has 0 saturated carbocycles. The summed E-state index contributed by atoms with van der Waals surface area (Å²) in [5, 5.41) is 6.66. The predicted octanol–water partition coefficient (Wildman–Crippen LogP) is 3.21. The Bertz CT molecular complexity index is 456. The molecule has 2 rings (SSSR count). The highest BCUT2D eigenvalue weighted by atomic mass is 35.5. The Morgan fingerprint density at radius 3 is 2.82 bits per heavy atom. The first-order chi connectivity index (χ1) is 7.66. The van der Waals surface area contributed by atoms with Gasteiger partial charge in [0, 0.05) is 0 Å². The molecule has 4 nitrogen and oxygen atoms in total. The van der Waals surface area contributed by atoms with Crippen molar-refractivity contribution in [2.75, 3.05) is 5.32 Å². The molecule has 7 heteroatoms. The Balaban J connectivity index is 0.00000144. The first-order valence-electron chi connectivity index (χ1n) is 4.77. The van der Waals surface area contributed by atoms with E-state index in [1.807, 2.05) is 0 Å². The van der Waals surface area contributed by atoms with Gasteiger partial charge in [-0.1, -0.05) is 0 Å². The van der Waals surface area contributed by atoms with Crippen molar-refractivity contribution >= 4 is 18.1 Å². The van der Waals surface area contributed by atoms with E-state index in [2.05, 4.69) is 10.4 Å². The van der Waals surface area contributed by atoms with Gasteiger partial charge in [0.25, 0.3) is 0 Å². The largest absolute Gasteiger partial charge is 0.467 e. The number of nitrogens with zero attached hydrogens (tertiary/aromatic N) is 2. The van der Waals surface area contributed by atoms with Crippen LogP contribution in [-0.4, -0.2) is 9.78 Å². The minimum absolute atomic E-state index is 0. The standard InChI is InChI=1S/C10H11F2N3O.ClH/c1-7-9(6-15(14-7)10(11)12)13-5-8-3-2-4-16-8;/h2-4,6,10,13H,5H2,1H3;1H. The van der Waals surface area contributed by atoms with Crippen LogP contribution >= 0.6 is 12.4 Å². The molecular weight excluding hydrogens is 252 g/mol. The quantitative estimate of drug-likeness (QED) is 0.921. The van der Waals surface area contributed by atoms with Gasteiger partial charge in [0.1, 0.15) is 5.76 Å². The zero-order valence-electron chi connectivity index (χ0n) is 9.06. The van der Waals surface area contributed by atoms with Crippen LogP contribution in [0.2, 0.25) is 0 Å². The fraction of sp³-hybridized carbons (Fsp3) is 0.300. The summed E-state index contributed by atoms with van der Waals surface area (Å²) in [5.41, 5.74) is 1.11. The molecule has 1 N–H and O–H groups in total. The lowest BCUT2D eigenvalue weighted by Crippen LogP contribution is -1.98. The summed E-state index contributed by atoms with van der Waals surface area (Å²) in [4.78, 5) is 0. The Hall–Kier alpha value is -1.56. The van der Waals surface area contributed by atoms with Gasteiger partial charge in [0.15, 0.2) is 0 Å². The molecule has 0 atom stereocenters. The van der Waals surface area contributed by atoms with Crippen molar-refractivity contribution in [1.29, 1.82) is 0 Å². The van der Waals surface area contributed by atoms with Crippen molar-refractivity contribution in [1.82, 2.24) is 9.78 Å². The van der Waals surface area contributed by atoms with Crippen LogP contribution in [0.1, 0.15) is 18.0 Å². The highest BCUT2D eigenvalue weighted by Crippen LogP contribution is 2.18. The Morgan fingerprint density at radius 2 is 2.29 bits per heavy atom. The molecular formula is C10H12ClF2N3O. The van der Waals surface area contributed by atoms with Gasteiger partial charge in [-0.25, -0.2) is 4.68 Å². The molecule has 94 valence electrons. The van der Waals surface area contributed by atoms with Crippen LogP contribution in [0.3, 0.4) is 0 Å². The van der Waals surface area contributed by atoms with E-state index in [4.69, 9.17) is 4.42 Å². The molecule has 0 unspecified atom stereocenters. The van der Waals surface area contributed by atoms with Crippen LogP contribution in [0.25, 0.3) is 0 Å². The maximum Gasteiger partial charge on any atom is 0.333 e. The van der Waals surface area contributed by atoms with E-state index >= 15 is 0 Å². The van der Waals surface area contributed by atoms with Crippen molar-refractivity contribution < 1.29 is 13.2 Å². The number of hydrogen-bond acceptors (Lipinski definition) is 3. The molecule has 2 heterocycles. The predicted molar refractivity (Wildman–Crippen MR) is 61.5 cm³/mol. The Labute approximate surface area is 103 Å². The van der Waals surface area contributed by atoms with E-state index in [9.17, 15) is 8.78 Å². The molecule has 0 aliphatic carbocycles. The molecule has 0 spiro atoms. The number of furan rings is 1. The lowest BCUT2D eigenvalue weighted by Gasteiger charge is -2.01. The van der Waals surface area contributed by atoms with Crippen LogP contribution < -0.4 is 5.32 Å². The maximum absolute atomic E-state index is 12.3. The van der Waals surface area contributed by atoms with E-state index in [0.29, 0.717) is 22.6 Å². The fourth-order valence-electron chi connectivity index (χ4n) is 1.35. The van der Waals surface area contributed by atoms with E-state index in [1.165, 1.54) is 6.20 Å². The van der Waals surface area contributed by atoms with E-state index in [0.717, 1.165) is 5.76 Å². The van der Waals surface area contributed by atoms with Gasteiger partial charge in [-0.3, -0.25) is 0 Å². The molecule has 0 radical (unpaired) electrons. The van der Waals surface area contributed by atoms with Gasteiger partial charge >= 0.3 is 6.55 Å².